The van der Waals surface area contributed by atoms with Gasteiger partial charge in [-0.2, -0.15) is 4.31 Å². The van der Waals surface area contributed by atoms with Crippen LogP contribution in [0.3, 0.4) is 0 Å². The van der Waals surface area contributed by atoms with Gasteiger partial charge in [0.25, 0.3) is 0 Å². The van der Waals surface area contributed by atoms with Crippen molar-refractivity contribution >= 4 is 21.6 Å². The second-order valence-corrected chi connectivity index (χ2v) is 9.54. The number of carbonyl (C=O) groups is 1. The summed E-state index contributed by atoms with van der Waals surface area (Å²) >= 11 is 0. The van der Waals surface area contributed by atoms with E-state index in [1.165, 1.54) is 18.3 Å². The van der Waals surface area contributed by atoms with Gasteiger partial charge in [-0.3, -0.25) is 4.79 Å². The number of nitrogens with one attached hydrogen (secondary N) is 1. The molecule has 1 heterocycles. The van der Waals surface area contributed by atoms with Crippen LogP contribution in [0.1, 0.15) is 24.0 Å². The molecule has 0 atom stereocenters. The molecular formula is C22H29N3O3S. The Morgan fingerprint density at radius 2 is 1.86 bits per heavy atom. The number of hydrogen-bond acceptors (Lipinski definition) is 4. The van der Waals surface area contributed by atoms with Crippen LogP contribution < -0.4 is 10.2 Å². The number of hydrogen-bond donors (Lipinski definition) is 1. The van der Waals surface area contributed by atoms with Gasteiger partial charge in [0.1, 0.15) is 0 Å². The zero-order valence-corrected chi connectivity index (χ0v) is 17.9. The average Bonchev–Trinajstić information content (AvgIpc) is 2.71. The maximum atomic E-state index is 12.6. The van der Waals surface area contributed by atoms with Gasteiger partial charge in [-0.1, -0.05) is 35.9 Å². The number of sulfonamides is 1. The highest BCUT2D eigenvalue weighted by Gasteiger charge is 2.22. The van der Waals surface area contributed by atoms with E-state index in [4.69, 9.17) is 0 Å². The predicted octanol–water partition coefficient (Wildman–Crippen LogP) is 2.57. The smallest absolute Gasteiger partial charge is 0.243 e. The van der Waals surface area contributed by atoms with E-state index in [0.717, 1.165) is 42.2 Å². The Labute approximate surface area is 173 Å². The summed E-state index contributed by atoms with van der Waals surface area (Å²) in [6, 6.07) is 15.1. The molecule has 0 bridgehead atoms. The lowest BCUT2D eigenvalue weighted by Gasteiger charge is -2.31. The van der Waals surface area contributed by atoms with Crippen LogP contribution in [0, 0.1) is 6.92 Å². The molecule has 156 valence electrons. The molecule has 2 aromatic rings. The summed E-state index contributed by atoms with van der Waals surface area (Å²) < 4.78 is 26.2. The van der Waals surface area contributed by atoms with E-state index in [9.17, 15) is 13.2 Å². The third-order valence-corrected chi connectivity index (χ3v) is 7.05. The second kappa shape index (κ2) is 9.41. The van der Waals surface area contributed by atoms with Crippen molar-refractivity contribution in [3.63, 3.8) is 0 Å². The Kier molecular flexibility index (Phi) is 6.92. The number of rotatable bonds is 8. The molecule has 0 unspecified atom stereocenters. The molecule has 7 heteroatoms. The molecule has 0 saturated heterocycles. The van der Waals surface area contributed by atoms with Gasteiger partial charge in [-0.25, -0.2) is 8.42 Å². The number of fused-ring (bicyclic) bond motifs is 1. The minimum absolute atomic E-state index is 0.192. The number of nitrogens with zero attached hydrogens (tertiary/aromatic N) is 2. The van der Waals surface area contributed by atoms with Crippen LogP contribution in [0.2, 0.25) is 0 Å². The molecule has 0 saturated carbocycles. The highest BCUT2D eigenvalue weighted by Crippen LogP contribution is 2.26. The quantitative estimate of drug-likeness (QED) is 0.673. The largest absolute Gasteiger partial charge is 0.371 e. The van der Waals surface area contributed by atoms with Crippen molar-refractivity contribution in [2.24, 2.45) is 0 Å². The summed E-state index contributed by atoms with van der Waals surface area (Å²) in [5.74, 6) is -0.290. The van der Waals surface area contributed by atoms with E-state index >= 15 is 0 Å². The van der Waals surface area contributed by atoms with Crippen molar-refractivity contribution < 1.29 is 13.2 Å². The molecule has 1 amide bonds. The van der Waals surface area contributed by atoms with Gasteiger partial charge in [-0.15, -0.1) is 0 Å². The maximum Gasteiger partial charge on any atom is 0.243 e. The van der Waals surface area contributed by atoms with Crippen molar-refractivity contribution in [3.8, 4) is 0 Å². The first-order valence-electron chi connectivity index (χ1n) is 10.0. The molecule has 6 nitrogen and oxygen atoms in total. The van der Waals surface area contributed by atoms with Gasteiger partial charge in [0, 0.05) is 32.4 Å². The SMILES string of the molecule is Cc1ccc(S(=O)(=O)N(C)CC(=O)NCCCN2CCCc3ccccc32)cc1. The Balaban J connectivity index is 1.45. The van der Waals surface area contributed by atoms with Crippen LogP contribution in [0.25, 0.3) is 0 Å². The van der Waals surface area contributed by atoms with Crippen LogP contribution in [0.15, 0.2) is 53.4 Å². The lowest BCUT2D eigenvalue weighted by atomic mass is 10.0. The fourth-order valence-corrected chi connectivity index (χ4v) is 4.70. The van der Waals surface area contributed by atoms with Crippen molar-refractivity contribution in [1.29, 1.82) is 0 Å². The van der Waals surface area contributed by atoms with Gasteiger partial charge in [0.05, 0.1) is 11.4 Å². The molecule has 1 N–H and O–H groups in total. The normalized spacial score (nSPS) is 14.0. The minimum Gasteiger partial charge on any atom is -0.371 e. The molecule has 3 rings (SSSR count). The first kappa shape index (κ1) is 21.3. The van der Waals surface area contributed by atoms with Crippen LogP contribution in [-0.4, -0.2) is 51.9 Å². The molecule has 1 aliphatic heterocycles. The number of aryl methyl sites for hydroxylation is 2. The van der Waals surface area contributed by atoms with Gasteiger partial charge in [0.2, 0.25) is 15.9 Å². The van der Waals surface area contributed by atoms with E-state index in [1.54, 1.807) is 24.3 Å². The molecular weight excluding hydrogens is 386 g/mol. The number of benzene rings is 2. The highest BCUT2D eigenvalue weighted by molar-refractivity contribution is 7.89. The van der Waals surface area contributed by atoms with Crippen LogP contribution in [0.4, 0.5) is 5.69 Å². The Bertz CT molecular complexity index is 942. The standard InChI is InChI=1S/C22H29N3O3S/c1-18-10-12-20(13-11-18)29(27,28)24(2)17-22(26)23-14-6-16-25-15-5-8-19-7-3-4-9-21(19)25/h3-4,7,9-13H,5-6,8,14-17H2,1-2H3,(H,23,26). The molecule has 0 spiro atoms. The summed E-state index contributed by atoms with van der Waals surface area (Å²) in [7, 11) is -2.24. The summed E-state index contributed by atoms with van der Waals surface area (Å²) in [5.41, 5.74) is 3.65. The summed E-state index contributed by atoms with van der Waals surface area (Å²) in [6.07, 6.45) is 3.07. The first-order valence-corrected chi connectivity index (χ1v) is 11.4. The predicted molar refractivity (Wildman–Crippen MR) is 116 cm³/mol. The first-order chi connectivity index (χ1) is 13.9. The van der Waals surface area contributed by atoms with E-state index in [-0.39, 0.29) is 17.3 Å². The number of anilines is 1. The van der Waals surface area contributed by atoms with E-state index in [0.29, 0.717) is 6.54 Å². The van der Waals surface area contributed by atoms with Gasteiger partial charge < -0.3 is 10.2 Å². The number of amides is 1. The summed E-state index contributed by atoms with van der Waals surface area (Å²) in [4.78, 5) is 14.8. The monoisotopic (exact) mass is 415 g/mol. The second-order valence-electron chi connectivity index (χ2n) is 7.50. The lowest BCUT2D eigenvalue weighted by molar-refractivity contribution is -0.121. The molecule has 2 aromatic carbocycles. The zero-order chi connectivity index (χ0) is 20.9. The molecule has 0 fully saturated rings. The Morgan fingerprint density at radius 3 is 2.62 bits per heavy atom. The molecule has 0 aliphatic carbocycles. The average molecular weight is 416 g/mol. The van der Waals surface area contributed by atoms with Crippen LogP contribution in [-0.2, 0) is 21.2 Å². The Morgan fingerprint density at radius 1 is 1.14 bits per heavy atom. The third kappa shape index (κ3) is 5.36. The lowest BCUT2D eigenvalue weighted by Crippen LogP contribution is -2.39. The summed E-state index contributed by atoms with van der Waals surface area (Å²) in [6.45, 7) is 4.13. The minimum atomic E-state index is -3.67. The maximum absolute atomic E-state index is 12.6. The number of para-hydroxylation sites is 1. The van der Waals surface area contributed by atoms with Crippen molar-refractivity contribution in [2.45, 2.75) is 31.1 Å². The van der Waals surface area contributed by atoms with Crippen LogP contribution >= 0.6 is 0 Å². The third-order valence-electron chi connectivity index (χ3n) is 5.23. The van der Waals surface area contributed by atoms with E-state index in [1.807, 2.05) is 6.92 Å². The summed E-state index contributed by atoms with van der Waals surface area (Å²) in [5, 5.41) is 2.84. The van der Waals surface area contributed by atoms with Gasteiger partial charge in [0.15, 0.2) is 0 Å². The molecule has 0 radical (unpaired) electrons. The van der Waals surface area contributed by atoms with Gasteiger partial charge >= 0.3 is 0 Å². The fraction of sp³-hybridized carbons (Fsp3) is 0.409. The van der Waals surface area contributed by atoms with Crippen LogP contribution in [0.5, 0.6) is 0 Å². The van der Waals surface area contributed by atoms with Crippen molar-refractivity contribution in [1.82, 2.24) is 9.62 Å². The van der Waals surface area contributed by atoms with Gasteiger partial charge in [-0.05, 0) is 49.9 Å². The van der Waals surface area contributed by atoms with Crippen molar-refractivity contribution in [3.05, 3.63) is 59.7 Å². The van der Waals surface area contributed by atoms with E-state index in [2.05, 4.69) is 34.5 Å². The van der Waals surface area contributed by atoms with Crippen molar-refractivity contribution in [2.75, 3.05) is 38.1 Å². The van der Waals surface area contributed by atoms with E-state index < -0.39 is 10.0 Å². The zero-order valence-electron chi connectivity index (χ0n) is 17.1. The molecule has 0 aromatic heterocycles. The topological polar surface area (TPSA) is 69.7 Å². The molecule has 29 heavy (non-hydrogen) atoms. The highest BCUT2D eigenvalue weighted by atomic mass is 32.2. The fourth-order valence-electron chi connectivity index (χ4n) is 3.57. The number of likely N-dealkylation sites (N-methyl/N-ethyl adjacent to an activating group) is 1. The molecule has 1 aliphatic rings. The number of carbonyl (C=O) groups excluding carboxylic acids is 1. The Hall–Kier alpha value is -2.38.